The maximum atomic E-state index is 5.60. The van der Waals surface area contributed by atoms with E-state index in [0.29, 0.717) is 12.0 Å². The second kappa shape index (κ2) is 4.99. The van der Waals surface area contributed by atoms with Crippen LogP contribution in [0, 0.1) is 5.92 Å². The molecule has 0 spiro atoms. The predicted molar refractivity (Wildman–Crippen MR) is 72.5 cm³/mol. The van der Waals surface area contributed by atoms with Crippen LogP contribution >= 0.6 is 0 Å². The van der Waals surface area contributed by atoms with Gasteiger partial charge in [-0.2, -0.15) is 0 Å². The van der Waals surface area contributed by atoms with Gasteiger partial charge in [-0.05, 0) is 48.6 Å². The molecule has 0 amide bonds. The van der Waals surface area contributed by atoms with Gasteiger partial charge in [0.25, 0.3) is 0 Å². The molecule has 1 heterocycles. The van der Waals surface area contributed by atoms with Gasteiger partial charge in [0.15, 0.2) is 0 Å². The van der Waals surface area contributed by atoms with E-state index in [1.165, 1.54) is 11.1 Å². The lowest BCUT2D eigenvalue weighted by molar-refractivity contribution is 0.321. The number of rotatable bonds is 4. The van der Waals surface area contributed by atoms with Crippen LogP contribution in [0.1, 0.15) is 29.9 Å². The quantitative estimate of drug-likeness (QED) is 0.888. The van der Waals surface area contributed by atoms with Gasteiger partial charge in [0, 0.05) is 0 Å². The zero-order valence-electron chi connectivity index (χ0n) is 10.7. The van der Waals surface area contributed by atoms with Crippen molar-refractivity contribution in [3.63, 3.8) is 0 Å². The van der Waals surface area contributed by atoms with Gasteiger partial charge in [-0.1, -0.05) is 31.2 Å². The van der Waals surface area contributed by atoms with Gasteiger partial charge in [-0.3, -0.25) is 0 Å². The monoisotopic (exact) mass is 241 g/mol. The van der Waals surface area contributed by atoms with Crippen LogP contribution in [-0.4, -0.2) is 6.54 Å². The SMILES string of the molecule is CCNC(c1ccco1)C1Cc2ccccc2C1. The van der Waals surface area contributed by atoms with Gasteiger partial charge in [0.1, 0.15) is 5.76 Å². The van der Waals surface area contributed by atoms with Gasteiger partial charge >= 0.3 is 0 Å². The molecule has 1 aromatic carbocycles. The van der Waals surface area contributed by atoms with Crippen molar-refractivity contribution in [2.24, 2.45) is 5.92 Å². The summed E-state index contributed by atoms with van der Waals surface area (Å²) in [5.41, 5.74) is 2.99. The molecular weight excluding hydrogens is 222 g/mol. The van der Waals surface area contributed by atoms with E-state index in [4.69, 9.17) is 4.42 Å². The Hall–Kier alpha value is -1.54. The molecule has 0 fully saturated rings. The average Bonchev–Trinajstić information content (AvgIpc) is 3.04. The largest absolute Gasteiger partial charge is 0.468 e. The van der Waals surface area contributed by atoms with E-state index in [0.717, 1.165) is 25.1 Å². The predicted octanol–water partition coefficient (Wildman–Crippen LogP) is 3.35. The van der Waals surface area contributed by atoms with E-state index < -0.39 is 0 Å². The Balaban J connectivity index is 1.82. The first-order valence-corrected chi connectivity index (χ1v) is 6.72. The Morgan fingerprint density at radius 1 is 1.17 bits per heavy atom. The highest BCUT2D eigenvalue weighted by atomic mass is 16.3. The number of hydrogen-bond donors (Lipinski definition) is 1. The average molecular weight is 241 g/mol. The minimum Gasteiger partial charge on any atom is -0.468 e. The summed E-state index contributed by atoms with van der Waals surface area (Å²) in [5.74, 6) is 1.67. The van der Waals surface area contributed by atoms with E-state index in [9.17, 15) is 0 Å². The summed E-state index contributed by atoms with van der Waals surface area (Å²) in [6, 6.07) is 13.2. The molecule has 0 aliphatic heterocycles. The molecule has 1 aliphatic rings. The number of furan rings is 1. The van der Waals surface area contributed by atoms with E-state index in [1.807, 2.05) is 6.07 Å². The number of fused-ring (bicyclic) bond motifs is 1. The lowest BCUT2D eigenvalue weighted by Gasteiger charge is -2.22. The van der Waals surface area contributed by atoms with Crippen molar-refractivity contribution in [1.29, 1.82) is 0 Å². The lowest BCUT2D eigenvalue weighted by Crippen LogP contribution is -2.28. The zero-order chi connectivity index (χ0) is 12.4. The minimum absolute atomic E-state index is 0.331. The summed E-state index contributed by atoms with van der Waals surface area (Å²) in [6.07, 6.45) is 4.06. The molecule has 1 unspecified atom stereocenters. The highest BCUT2D eigenvalue weighted by Crippen LogP contribution is 2.35. The molecule has 94 valence electrons. The molecule has 2 aromatic rings. The lowest BCUT2D eigenvalue weighted by atomic mass is 9.94. The molecule has 0 saturated heterocycles. The van der Waals surface area contributed by atoms with E-state index >= 15 is 0 Å². The number of benzene rings is 1. The summed E-state index contributed by atoms with van der Waals surface area (Å²) < 4.78 is 5.60. The van der Waals surface area contributed by atoms with Gasteiger partial charge in [0.2, 0.25) is 0 Å². The molecule has 0 saturated carbocycles. The Morgan fingerprint density at radius 3 is 2.44 bits per heavy atom. The smallest absolute Gasteiger partial charge is 0.120 e. The van der Waals surface area contributed by atoms with Crippen LogP contribution in [0.3, 0.4) is 0 Å². The van der Waals surface area contributed by atoms with E-state index in [1.54, 1.807) is 6.26 Å². The first-order valence-electron chi connectivity index (χ1n) is 6.72. The number of hydrogen-bond acceptors (Lipinski definition) is 2. The first-order chi connectivity index (χ1) is 8.88. The Kier molecular flexibility index (Phi) is 3.20. The van der Waals surface area contributed by atoms with Crippen molar-refractivity contribution in [2.45, 2.75) is 25.8 Å². The Morgan fingerprint density at radius 2 is 1.89 bits per heavy atom. The van der Waals surface area contributed by atoms with Crippen LogP contribution in [0.25, 0.3) is 0 Å². The third-order valence-corrected chi connectivity index (χ3v) is 3.83. The molecule has 0 radical (unpaired) electrons. The van der Waals surface area contributed by atoms with Gasteiger partial charge in [-0.25, -0.2) is 0 Å². The maximum absolute atomic E-state index is 5.60. The Bertz CT molecular complexity index is 479. The summed E-state index contributed by atoms with van der Waals surface area (Å²) in [4.78, 5) is 0. The Labute approximate surface area is 108 Å². The van der Waals surface area contributed by atoms with Crippen molar-refractivity contribution < 1.29 is 4.42 Å². The summed E-state index contributed by atoms with van der Waals surface area (Å²) in [6.45, 7) is 3.12. The first kappa shape index (κ1) is 11.5. The normalized spacial score (nSPS) is 16.7. The van der Waals surface area contributed by atoms with Gasteiger partial charge < -0.3 is 9.73 Å². The molecule has 2 nitrogen and oxygen atoms in total. The van der Waals surface area contributed by atoms with Crippen molar-refractivity contribution in [1.82, 2.24) is 5.32 Å². The standard InChI is InChI=1S/C16H19NO/c1-2-17-16(15-8-5-9-18-15)14-10-12-6-3-4-7-13(12)11-14/h3-9,14,16-17H,2,10-11H2,1H3. The third-order valence-electron chi connectivity index (χ3n) is 3.83. The molecule has 18 heavy (non-hydrogen) atoms. The van der Waals surface area contributed by atoms with Crippen LogP contribution in [0.2, 0.25) is 0 Å². The van der Waals surface area contributed by atoms with Crippen LogP contribution in [0.15, 0.2) is 47.1 Å². The molecule has 1 aromatic heterocycles. The van der Waals surface area contributed by atoms with Crippen LogP contribution < -0.4 is 5.32 Å². The highest BCUT2D eigenvalue weighted by molar-refractivity contribution is 5.33. The molecule has 0 bridgehead atoms. The van der Waals surface area contributed by atoms with Crippen molar-refractivity contribution >= 4 is 0 Å². The maximum Gasteiger partial charge on any atom is 0.120 e. The molecular formula is C16H19NO. The minimum atomic E-state index is 0.331. The molecule has 3 rings (SSSR count). The highest BCUT2D eigenvalue weighted by Gasteiger charge is 2.30. The fraction of sp³-hybridized carbons (Fsp3) is 0.375. The fourth-order valence-corrected chi connectivity index (χ4v) is 3.02. The van der Waals surface area contributed by atoms with Crippen molar-refractivity contribution in [2.75, 3.05) is 6.54 Å². The van der Waals surface area contributed by atoms with Crippen LogP contribution in [-0.2, 0) is 12.8 Å². The topological polar surface area (TPSA) is 25.2 Å². The summed E-state index contributed by atoms with van der Waals surface area (Å²) in [7, 11) is 0. The summed E-state index contributed by atoms with van der Waals surface area (Å²) in [5, 5.41) is 3.57. The molecule has 2 heteroatoms. The van der Waals surface area contributed by atoms with Gasteiger partial charge in [-0.15, -0.1) is 0 Å². The van der Waals surface area contributed by atoms with Crippen LogP contribution in [0.5, 0.6) is 0 Å². The van der Waals surface area contributed by atoms with Gasteiger partial charge in [0.05, 0.1) is 12.3 Å². The molecule has 1 atom stereocenters. The van der Waals surface area contributed by atoms with Crippen molar-refractivity contribution in [3.05, 3.63) is 59.5 Å². The zero-order valence-corrected chi connectivity index (χ0v) is 10.7. The molecule has 1 N–H and O–H groups in total. The molecule has 1 aliphatic carbocycles. The second-order valence-electron chi connectivity index (χ2n) is 4.99. The van der Waals surface area contributed by atoms with E-state index in [-0.39, 0.29) is 0 Å². The fourth-order valence-electron chi connectivity index (χ4n) is 3.02. The second-order valence-corrected chi connectivity index (χ2v) is 4.99. The van der Waals surface area contributed by atoms with Crippen molar-refractivity contribution in [3.8, 4) is 0 Å². The number of nitrogens with one attached hydrogen (secondary N) is 1. The van der Waals surface area contributed by atoms with E-state index in [2.05, 4.69) is 42.6 Å². The van der Waals surface area contributed by atoms with Crippen LogP contribution in [0.4, 0.5) is 0 Å². The summed E-state index contributed by atoms with van der Waals surface area (Å²) >= 11 is 0. The third kappa shape index (κ3) is 2.08.